The number of piperazine rings is 1. The molecule has 3 N–H and O–H groups in total. The first-order valence-corrected chi connectivity index (χ1v) is 12.7. The van der Waals surface area contributed by atoms with Gasteiger partial charge in [0.15, 0.2) is 0 Å². The van der Waals surface area contributed by atoms with Crippen molar-refractivity contribution in [2.24, 2.45) is 16.6 Å². The van der Waals surface area contributed by atoms with Crippen LogP contribution < -0.4 is 5.73 Å². The monoisotopic (exact) mass is 482 g/mol. The lowest BCUT2D eigenvalue weighted by atomic mass is 9.85. The minimum Gasteiger partial charge on any atom is -0.480 e. The lowest BCUT2D eigenvalue weighted by Crippen LogP contribution is -2.53. The molecule has 2 aromatic rings. The molecule has 2 aliphatic rings. The zero-order valence-electron chi connectivity index (χ0n) is 19.9. The standard InChI is InChI=1S/C26H34N4O3S/c1-19(2)26(27,25(31)32)11-17-33-18-16-29-12-14-30(15-13-29)24-20-7-3-5-9-22(20)34-23-10-6-4-8-21(23)28-24/h3-10,19H,11-18,27H2,1-2H3,(H,31,32)/t26-/m1/s1. The first kappa shape index (κ1) is 24.7. The Labute approximate surface area is 206 Å². The molecule has 34 heavy (non-hydrogen) atoms. The molecule has 0 radical (unpaired) electrons. The van der Waals surface area contributed by atoms with Gasteiger partial charge in [0.1, 0.15) is 11.4 Å². The van der Waals surface area contributed by atoms with Crippen LogP contribution in [0.5, 0.6) is 0 Å². The number of carboxylic acid groups (broad SMARTS) is 1. The third kappa shape index (κ3) is 5.46. The minimum absolute atomic E-state index is 0.149. The normalized spacial score (nSPS) is 18.0. The van der Waals surface area contributed by atoms with Crippen LogP contribution >= 0.6 is 11.8 Å². The summed E-state index contributed by atoms with van der Waals surface area (Å²) < 4.78 is 5.75. The lowest BCUT2D eigenvalue weighted by molar-refractivity contribution is -0.146. The maximum Gasteiger partial charge on any atom is 0.324 e. The average molecular weight is 483 g/mol. The van der Waals surface area contributed by atoms with Crippen molar-refractivity contribution >= 4 is 29.3 Å². The van der Waals surface area contributed by atoms with Gasteiger partial charge in [-0.1, -0.05) is 55.9 Å². The Morgan fingerprint density at radius 2 is 1.76 bits per heavy atom. The third-order valence-corrected chi connectivity index (χ3v) is 7.89. The maximum atomic E-state index is 11.5. The van der Waals surface area contributed by atoms with Crippen LogP contribution in [-0.4, -0.2) is 78.2 Å². The molecule has 1 fully saturated rings. The summed E-state index contributed by atoms with van der Waals surface area (Å²) in [6, 6.07) is 16.8. The van der Waals surface area contributed by atoms with Crippen LogP contribution in [0.1, 0.15) is 25.8 Å². The van der Waals surface area contributed by atoms with E-state index in [2.05, 4.69) is 52.3 Å². The molecule has 182 valence electrons. The average Bonchev–Trinajstić information content (AvgIpc) is 3.00. The lowest BCUT2D eigenvalue weighted by Gasteiger charge is -2.36. The Morgan fingerprint density at radius 3 is 2.47 bits per heavy atom. The second kappa shape index (κ2) is 10.9. The molecule has 2 aromatic carbocycles. The predicted octanol–water partition coefficient (Wildman–Crippen LogP) is 3.69. The fourth-order valence-corrected chi connectivity index (χ4v) is 5.29. The van der Waals surface area contributed by atoms with E-state index < -0.39 is 11.5 Å². The van der Waals surface area contributed by atoms with Crippen molar-refractivity contribution in [2.75, 3.05) is 45.9 Å². The zero-order valence-corrected chi connectivity index (χ0v) is 20.8. The van der Waals surface area contributed by atoms with Crippen molar-refractivity contribution in [2.45, 2.75) is 35.6 Å². The summed E-state index contributed by atoms with van der Waals surface area (Å²) in [5, 5.41) is 9.42. The summed E-state index contributed by atoms with van der Waals surface area (Å²) in [6.45, 7) is 9.08. The molecule has 0 aliphatic carbocycles. The summed E-state index contributed by atoms with van der Waals surface area (Å²) in [5.41, 5.74) is 7.03. The Morgan fingerprint density at radius 1 is 1.09 bits per heavy atom. The van der Waals surface area contributed by atoms with Crippen LogP contribution in [-0.2, 0) is 9.53 Å². The van der Waals surface area contributed by atoms with Crippen molar-refractivity contribution in [3.63, 3.8) is 0 Å². The van der Waals surface area contributed by atoms with E-state index in [9.17, 15) is 9.90 Å². The van der Waals surface area contributed by atoms with Crippen molar-refractivity contribution in [1.82, 2.24) is 9.80 Å². The molecule has 0 spiro atoms. The molecule has 0 saturated carbocycles. The number of hydrogen-bond acceptors (Lipinski definition) is 7. The molecule has 7 nitrogen and oxygen atoms in total. The first-order valence-electron chi connectivity index (χ1n) is 11.9. The molecule has 1 atom stereocenters. The van der Waals surface area contributed by atoms with Crippen LogP contribution in [0.2, 0.25) is 0 Å². The second-order valence-corrected chi connectivity index (χ2v) is 10.3. The van der Waals surface area contributed by atoms with Gasteiger partial charge in [-0.25, -0.2) is 4.99 Å². The number of carboxylic acids is 1. The number of nitrogens with zero attached hydrogens (tertiary/aromatic N) is 3. The summed E-state index contributed by atoms with van der Waals surface area (Å²) in [7, 11) is 0. The number of aliphatic imine (C=N–C) groups is 1. The highest BCUT2D eigenvalue weighted by Gasteiger charge is 2.37. The number of hydrogen-bond donors (Lipinski definition) is 2. The van der Waals surface area contributed by atoms with E-state index in [-0.39, 0.29) is 5.92 Å². The predicted molar refractivity (Wildman–Crippen MR) is 136 cm³/mol. The van der Waals surface area contributed by atoms with Gasteiger partial charge in [-0.2, -0.15) is 0 Å². The molecule has 0 bridgehead atoms. The van der Waals surface area contributed by atoms with Gasteiger partial charge in [-0.05, 0) is 30.5 Å². The van der Waals surface area contributed by atoms with Crippen LogP contribution in [0.15, 0.2) is 63.3 Å². The summed E-state index contributed by atoms with van der Waals surface area (Å²) in [6.07, 6.45) is 0.312. The molecule has 2 heterocycles. The Bertz CT molecular complexity index is 1040. The van der Waals surface area contributed by atoms with Gasteiger partial charge >= 0.3 is 5.97 Å². The minimum atomic E-state index is -1.24. The number of benzene rings is 2. The number of nitrogens with two attached hydrogens (primary N) is 1. The molecule has 8 heteroatoms. The molecule has 0 amide bonds. The Kier molecular flexibility index (Phi) is 7.93. The van der Waals surface area contributed by atoms with E-state index in [1.807, 2.05) is 19.9 Å². The van der Waals surface area contributed by atoms with Crippen molar-refractivity contribution in [3.8, 4) is 0 Å². The van der Waals surface area contributed by atoms with E-state index in [0.29, 0.717) is 19.6 Å². The highest BCUT2D eigenvalue weighted by molar-refractivity contribution is 7.99. The summed E-state index contributed by atoms with van der Waals surface area (Å²) in [4.78, 5) is 23.8. The zero-order chi connectivity index (χ0) is 24.1. The fraction of sp³-hybridized carbons (Fsp3) is 0.462. The quantitative estimate of drug-likeness (QED) is 0.555. The van der Waals surface area contributed by atoms with E-state index in [0.717, 1.165) is 44.2 Å². The van der Waals surface area contributed by atoms with Gasteiger partial charge in [-0.15, -0.1) is 0 Å². The SMILES string of the molecule is CC(C)[C@](N)(CCOCCN1CCN(C2=Nc3ccccc3Sc3ccccc32)CC1)C(=O)O. The third-order valence-electron chi connectivity index (χ3n) is 6.75. The van der Waals surface area contributed by atoms with Gasteiger partial charge in [0, 0.05) is 54.7 Å². The van der Waals surface area contributed by atoms with Crippen molar-refractivity contribution in [3.05, 3.63) is 54.1 Å². The van der Waals surface area contributed by atoms with E-state index in [1.54, 1.807) is 11.8 Å². The highest BCUT2D eigenvalue weighted by atomic mass is 32.2. The van der Waals surface area contributed by atoms with Gasteiger partial charge in [0.2, 0.25) is 0 Å². The van der Waals surface area contributed by atoms with Crippen LogP contribution in [0, 0.1) is 5.92 Å². The second-order valence-electron chi connectivity index (χ2n) is 9.19. The number of para-hydroxylation sites is 1. The fourth-order valence-electron chi connectivity index (χ4n) is 4.27. The molecule has 2 aliphatic heterocycles. The number of rotatable bonds is 8. The van der Waals surface area contributed by atoms with E-state index in [4.69, 9.17) is 15.5 Å². The van der Waals surface area contributed by atoms with Crippen LogP contribution in [0.4, 0.5) is 5.69 Å². The van der Waals surface area contributed by atoms with E-state index in [1.165, 1.54) is 15.4 Å². The maximum absolute atomic E-state index is 11.5. The van der Waals surface area contributed by atoms with Gasteiger partial charge in [-0.3, -0.25) is 9.69 Å². The Hall–Kier alpha value is -2.39. The van der Waals surface area contributed by atoms with Crippen LogP contribution in [0.25, 0.3) is 0 Å². The molecular weight excluding hydrogens is 448 g/mol. The van der Waals surface area contributed by atoms with Crippen LogP contribution in [0.3, 0.4) is 0 Å². The molecule has 0 unspecified atom stereocenters. The smallest absolute Gasteiger partial charge is 0.324 e. The molecular formula is C26H34N4O3S. The number of amidine groups is 1. The number of carbonyl (C=O) groups is 1. The largest absolute Gasteiger partial charge is 0.480 e. The molecule has 1 saturated heterocycles. The van der Waals surface area contributed by atoms with Gasteiger partial charge < -0.3 is 20.5 Å². The number of fused-ring (bicyclic) bond motifs is 2. The Balaban J connectivity index is 1.31. The summed E-state index contributed by atoms with van der Waals surface area (Å²) in [5.74, 6) is -0.0686. The van der Waals surface area contributed by atoms with E-state index >= 15 is 0 Å². The topological polar surface area (TPSA) is 91.4 Å². The first-order chi connectivity index (χ1) is 16.4. The van der Waals surface area contributed by atoms with Crippen molar-refractivity contribution in [1.29, 1.82) is 0 Å². The summed E-state index contributed by atoms with van der Waals surface area (Å²) >= 11 is 1.78. The van der Waals surface area contributed by atoms with Gasteiger partial charge in [0.25, 0.3) is 0 Å². The number of aliphatic carboxylic acids is 1. The van der Waals surface area contributed by atoms with Gasteiger partial charge in [0.05, 0.1) is 12.3 Å². The molecule has 4 rings (SSSR count). The molecule has 0 aromatic heterocycles. The number of ether oxygens (including phenoxy) is 1. The highest BCUT2D eigenvalue weighted by Crippen LogP contribution is 2.40. The van der Waals surface area contributed by atoms with Crippen molar-refractivity contribution < 1.29 is 14.6 Å².